The number of carbonyl (C=O) groups is 2. The topological polar surface area (TPSA) is 55.4 Å². The highest BCUT2D eigenvalue weighted by atomic mass is 19.1. The maximum atomic E-state index is 13.0. The number of anilines is 1. The van der Waals surface area contributed by atoms with Crippen molar-refractivity contribution in [3.05, 3.63) is 59.9 Å². The average Bonchev–Trinajstić information content (AvgIpc) is 2.52. The van der Waals surface area contributed by atoms with Crippen LogP contribution in [0.3, 0.4) is 0 Å². The molecule has 0 saturated heterocycles. The van der Waals surface area contributed by atoms with Gasteiger partial charge in [0.05, 0.1) is 6.61 Å². The minimum absolute atomic E-state index is 0.00516. The Bertz CT molecular complexity index is 683. The molecule has 0 aliphatic carbocycles. The van der Waals surface area contributed by atoms with Crippen molar-refractivity contribution in [2.24, 2.45) is 0 Å². The quantitative estimate of drug-likeness (QED) is 0.624. The number of nitrogens with one attached hydrogen (secondary N) is 1. The van der Waals surface area contributed by atoms with Crippen LogP contribution in [0, 0.1) is 5.82 Å². The molecule has 120 valence electrons. The van der Waals surface area contributed by atoms with Crippen LogP contribution in [0.2, 0.25) is 0 Å². The number of hydrogen-bond donors (Lipinski definition) is 1. The third-order valence-electron chi connectivity index (χ3n) is 3.19. The molecule has 0 spiro atoms. The number of Topliss-reactive ketones (excluding diaryl/α,β-unsaturated/α-hetero) is 1. The first-order valence-corrected chi connectivity index (χ1v) is 7.34. The normalized spacial score (nSPS) is 10.2. The Morgan fingerprint density at radius 1 is 1.13 bits per heavy atom. The molecule has 0 radical (unpaired) electrons. The van der Waals surface area contributed by atoms with Crippen molar-refractivity contribution in [3.63, 3.8) is 0 Å². The maximum absolute atomic E-state index is 13.0. The molecule has 0 atom stereocenters. The van der Waals surface area contributed by atoms with E-state index in [2.05, 4.69) is 5.32 Å². The summed E-state index contributed by atoms with van der Waals surface area (Å²) < 4.78 is 18.5. The number of amides is 1. The van der Waals surface area contributed by atoms with Gasteiger partial charge in [-0.2, -0.15) is 0 Å². The molecule has 0 heterocycles. The van der Waals surface area contributed by atoms with Crippen LogP contribution in [0.15, 0.2) is 48.5 Å². The number of benzene rings is 2. The summed E-state index contributed by atoms with van der Waals surface area (Å²) >= 11 is 0. The lowest BCUT2D eigenvalue weighted by atomic mass is 10.1. The van der Waals surface area contributed by atoms with Gasteiger partial charge in [0.1, 0.15) is 11.6 Å². The van der Waals surface area contributed by atoms with Crippen molar-refractivity contribution >= 4 is 17.4 Å². The summed E-state index contributed by atoms with van der Waals surface area (Å²) in [4.78, 5) is 22.9. The van der Waals surface area contributed by atoms with Gasteiger partial charge in [0, 0.05) is 17.7 Å². The van der Waals surface area contributed by atoms with E-state index >= 15 is 0 Å². The lowest BCUT2D eigenvalue weighted by molar-refractivity contribution is -0.116. The molecule has 1 amide bonds. The lowest BCUT2D eigenvalue weighted by Gasteiger charge is -2.07. The van der Waals surface area contributed by atoms with E-state index in [9.17, 15) is 14.0 Å². The molecule has 0 saturated carbocycles. The Kier molecular flexibility index (Phi) is 5.86. The fourth-order valence-corrected chi connectivity index (χ4v) is 2.00. The molecular formula is C18H18FNO3. The van der Waals surface area contributed by atoms with E-state index in [1.54, 1.807) is 36.4 Å². The van der Waals surface area contributed by atoms with E-state index in [0.29, 0.717) is 30.0 Å². The molecule has 0 unspecified atom stereocenters. The van der Waals surface area contributed by atoms with E-state index < -0.39 is 0 Å². The molecule has 0 aliphatic heterocycles. The van der Waals surface area contributed by atoms with Gasteiger partial charge in [0.15, 0.2) is 5.78 Å². The molecule has 4 nitrogen and oxygen atoms in total. The summed E-state index contributed by atoms with van der Waals surface area (Å²) in [6, 6.07) is 12.6. The summed E-state index contributed by atoms with van der Waals surface area (Å²) in [6.07, 6.45) is 0.817. The first-order valence-electron chi connectivity index (χ1n) is 7.34. The molecule has 0 fully saturated rings. The number of carbonyl (C=O) groups excluding carboxylic acids is 2. The zero-order valence-corrected chi connectivity index (χ0v) is 12.8. The maximum Gasteiger partial charge on any atom is 0.224 e. The smallest absolute Gasteiger partial charge is 0.224 e. The standard InChI is InChI=1S/C18H18FNO3/c1-13(21)14-7-9-17(10-8-14)23-11-3-6-18(22)20-16-5-2-4-15(19)12-16/h2,4-5,7-10,12H,3,6,11H2,1H3,(H,20,22). The molecule has 2 rings (SSSR count). The van der Waals surface area contributed by atoms with Crippen LogP contribution in [0.5, 0.6) is 5.75 Å². The Hall–Kier alpha value is -2.69. The fourth-order valence-electron chi connectivity index (χ4n) is 2.00. The van der Waals surface area contributed by atoms with Crippen molar-refractivity contribution in [1.29, 1.82) is 0 Å². The van der Waals surface area contributed by atoms with Crippen LogP contribution in [-0.2, 0) is 4.79 Å². The van der Waals surface area contributed by atoms with E-state index in [1.807, 2.05) is 0 Å². The van der Waals surface area contributed by atoms with Crippen molar-refractivity contribution in [3.8, 4) is 5.75 Å². The second-order valence-corrected chi connectivity index (χ2v) is 5.09. The second-order valence-electron chi connectivity index (χ2n) is 5.09. The summed E-state index contributed by atoms with van der Waals surface area (Å²) in [5.41, 5.74) is 1.07. The highest BCUT2D eigenvalue weighted by Crippen LogP contribution is 2.13. The van der Waals surface area contributed by atoms with Gasteiger partial charge in [-0.25, -0.2) is 4.39 Å². The Labute approximate surface area is 134 Å². The average molecular weight is 315 g/mol. The van der Waals surface area contributed by atoms with Gasteiger partial charge < -0.3 is 10.1 Å². The van der Waals surface area contributed by atoms with Crippen molar-refractivity contribution in [2.75, 3.05) is 11.9 Å². The minimum atomic E-state index is -0.389. The van der Waals surface area contributed by atoms with Crippen LogP contribution < -0.4 is 10.1 Å². The fraction of sp³-hybridized carbons (Fsp3) is 0.222. The number of halogens is 1. The van der Waals surface area contributed by atoms with E-state index in [4.69, 9.17) is 4.74 Å². The Morgan fingerprint density at radius 2 is 1.87 bits per heavy atom. The van der Waals surface area contributed by atoms with Crippen LogP contribution in [0.4, 0.5) is 10.1 Å². The van der Waals surface area contributed by atoms with Gasteiger partial charge >= 0.3 is 0 Å². The molecule has 0 aliphatic rings. The molecular weight excluding hydrogens is 297 g/mol. The van der Waals surface area contributed by atoms with Gasteiger partial charge in [-0.15, -0.1) is 0 Å². The van der Waals surface area contributed by atoms with Crippen molar-refractivity contribution in [2.45, 2.75) is 19.8 Å². The summed E-state index contributed by atoms with van der Waals surface area (Å²) in [5, 5.41) is 2.63. The highest BCUT2D eigenvalue weighted by molar-refractivity contribution is 5.94. The molecule has 5 heteroatoms. The molecule has 23 heavy (non-hydrogen) atoms. The predicted octanol–water partition coefficient (Wildman–Crippen LogP) is 3.83. The minimum Gasteiger partial charge on any atom is -0.494 e. The number of ether oxygens (including phenoxy) is 1. The van der Waals surface area contributed by atoms with Crippen LogP contribution >= 0.6 is 0 Å². The first kappa shape index (κ1) is 16.7. The molecule has 2 aromatic carbocycles. The van der Waals surface area contributed by atoms with E-state index in [-0.39, 0.29) is 23.9 Å². The SMILES string of the molecule is CC(=O)c1ccc(OCCCC(=O)Nc2cccc(F)c2)cc1. The van der Waals surface area contributed by atoms with Crippen LogP contribution in [0.25, 0.3) is 0 Å². The Balaban J connectivity index is 1.70. The number of rotatable bonds is 7. The van der Waals surface area contributed by atoms with E-state index in [1.165, 1.54) is 19.1 Å². The van der Waals surface area contributed by atoms with Gasteiger partial charge in [-0.1, -0.05) is 6.07 Å². The van der Waals surface area contributed by atoms with Crippen molar-refractivity contribution in [1.82, 2.24) is 0 Å². The van der Waals surface area contributed by atoms with Gasteiger partial charge in [-0.3, -0.25) is 9.59 Å². The van der Waals surface area contributed by atoms with Crippen LogP contribution in [-0.4, -0.2) is 18.3 Å². The highest BCUT2D eigenvalue weighted by Gasteiger charge is 2.04. The van der Waals surface area contributed by atoms with Gasteiger partial charge in [-0.05, 0) is 55.8 Å². The molecule has 0 aromatic heterocycles. The molecule has 1 N–H and O–H groups in total. The third-order valence-corrected chi connectivity index (χ3v) is 3.19. The number of hydrogen-bond acceptors (Lipinski definition) is 3. The predicted molar refractivity (Wildman–Crippen MR) is 86.2 cm³/mol. The molecule has 0 bridgehead atoms. The lowest BCUT2D eigenvalue weighted by Crippen LogP contribution is -2.12. The van der Waals surface area contributed by atoms with Crippen LogP contribution in [0.1, 0.15) is 30.1 Å². The van der Waals surface area contributed by atoms with Gasteiger partial charge in [0.25, 0.3) is 0 Å². The zero-order valence-electron chi connectivity index (χ0n) is 12.8. The summed E-state index contributed by atoms with van der Waals surface area (Å²) in [5.74, 6) is 0.0809. The largest absolute Gasteiger partial charge is 0.494 e. The third kappa shape index (κ3) is 5.54. The second kappa shape index (κ2) is 8.08. The molecule has 2 aromatic rings. The number of ketones is 1. The first-order chi connectivity index (χ1) is 11.0. The summed E-state index contributed by atoms with van der Waals surface area (Å²) in [7, 11) is 0. The van der Waals surface area contributed by atoms with E-state index in [0.717, 1.165) is 0 Å². The Morgan fingerprint density at radius 3 is 2.52 bits per heavy atom. The summed E-state index contributed by atoms with van der Waals surface area (Å²) in [6.45, 7) is 1.89. The monoisotopic (exact) mass is 315 g/mol. The van der Waals surface area contributed by atoms with Gasteiger partial charge in [0.2, 0.25) is 5.91 Å². The zero-order chi connectivity index (χ0) is 16.7. The van der Waals surface area contributed by atoms with Crippen molar-refractivity contribution < 1.29 is 18.7 Å².